The van der Waals surface area contributed by atoms with Crippen LogP contribution in [0.4, 0.5) is 0 Å². The molecule has 12 rings (SSSR count). The number of hydrogen-bond donors (Lipinski definition) is 0. The second kappa shape index (κ2) is 13.8. The number of aromatic nitrogens is 4. The first-order valence-corrected chi connectivity index (χ1v) is 20.4. The zero-order valence-electron chi connectivity index (χ0n) is 32.6. The molecular formula is C56H36N4. The Balaban J connectivity index is 0.977. The molecule has 0 aliphatic heterocycles. The van der Waals surface area contributed by atoms with Crippen molar-refractivity contribution in [2.45, 2.75) is 0 Å². The molecule has 4 heteroatoms. The van der Waals surface area contributed by atoms with E-state index < -0.39 is 0 Å². The molecule has 3 aromatic heterocycles. The fourth-order valence-corrected chi connectivity index (χ4v) is 9.04. The van der Waals surface area contributed by atoms with Crippen molar-refractivity contribution in [2.75, 3.05) is 0 Å². The van der Waals surface area contributed by atoms with E-state index in [2.05, 4.69) is 203 Å². The van der Waals surface area contributed by atoms with Gasteiger partial charge in [-0.05, 0) is 94.7 Å². The molecule has 0 amide bonds. The fourth-order valence-electron chi connectivity index (χ4n) is 9.04. The fraction of sp³-hybridized carbons (Fsp3) is 0. The standard InChI is InChI=1S/C56H36N4/c1-4-14-38(15-5-1)50-36-51(58-56(57-50)39-16-6-2-7-17-39)42-25-24-37-26-29-45(33-43(37)32-42)60-53-23-13-11-21-47(53)49-35-41(28-31-55(49)60)40-27-30-54-48(34-40)46-20-10-12-22-52(46)59(54)44-18-8-3-9-19-44/h1-36H. The highest BCUT2D eigenvalue weighted by Gasteiger charge is 2.17. The second-order valence-electron chi connectivity index (χ2n) is 15.4. The quantitative estimate of drug-likeness (QED) is 0.169. The summed E-state index contributed by atoms with van der Waals surface area (Å²) in [5, 5.41) is 7.29. The van der Waals surface area contributed by atoms with Gasteiger partial charge in [0.15, 0.2) is 5.82 Å². The van der Waals surface area contributed by atoms with Gasteiger partial charge in [-0.15, -0.1) is 0 Å². The molecule has 0 bridgehead atoms. The average Bonchev–Trinajstić information content (AvgIpc) is 3.84. The molecule has 9 aromatic carbocycles. The van der Waals surface area contributed by atoms with Crippen LogP contribution in [0.15, 0.2) is 218 Å². The summed E-state index contributed by atoms with van der Waals surface area (Å²) in [4.78, 5) is 10.1. The summed E-state index contributed by atoms with van der Waals surface area (Å²) in [6, 6.07) is 78.1. The van der Waals surface area contributed by atoms with Crippen LogP contribution >= 0.6 is 0 Å². The van der Waals surface area contributed by atoms with Gasteiger partial charge < -0.3 is 9.13 Å². The highest BCUT2D eigenvalue weighted by Crippen LogP contribution is 2.39. The minimum atomic E-state index is 0.712. The van der Waals surface area contributed by atoms with Crippen LogP contribution in [0.3, 0.4) is 0 Å². The highest BCUT2D eigenvalue weighted by molar-refractivity contribution is 6.13. The van der Waals surface area contributed by atoms with Crippen molar-refractivity contribution < 1.29 is 0 Å². The van der Waals surface area contributed by atoms with Gasteiger partial charge in [0.2, 0.25) is 0 Å². The molecule has 0 N–H and O–H groups in total. The predicted molar refractivity (Wildman–Crippen MR) is 250 cm³/mol. The van der Waals surface area contributed by atoms with E-state index in [1.807, 2.05) is 24.3 Å². The predicted octanol–water partition coefficient (Wildman–Crippen LogP) is 14.5. The summed E-state index contributed by atoms with van der Waals surface area (Å²) in [6.45, 7) is 0. The minimum Gasteiger partial charge on any atom is -0.309 e. The lowest BCUT2D eigenvalue weighted by Crippen LogP contribution is -1.96. The molecule has 4 nitrogen and oxygen atoms in total. The molecule has 0 aliphatic rings. The van der Waals surface area contributed by atoms with Gasteiger partial charge in [0.1, 0.15) is 0 Å². The molecular weight excluding hydrogens is 729 g/mol. The Bertz CT molecular complexity index is 3530. The van der Waals surface area contributed by atoms with E-state index in [0.717, 1.165) is 39.2 Å². The summed E-state index contributed by atoms with van der Waals surface area (Å²) < 4.78 is 4.78. The first-order chi connectivity index (χ1) is 29.7. The van der Waals surface area contributed by atoms with Gasteiger partial charge in [-0.1, -0.05) is 146 Å². The Morgan fingerprint density at radius 3 is 1.38 bits per heavy atom. The lowest BCUT2D eigenvalue weighted by molar-refractivity contribution is 1.18. The molecule has 0 spiro atoms. The van der Waals surface area contributed by atoms with Crippen LogP contribution in [0, 0.1) is 0 Å². The number of para-hydroxylation sites is 3. The number of benzene rings is 9. The van der Waals surface area contributed by atoms with E-state index in [1.54, 1.807) is 0 Å². The van der Waals surface area contributed by atoms with Gasteiger partial charge in [-0.3, -0.25) is 0 Å². The van der Waals surface area contributed by atoms with Crippen molar-refractivity contribution in [3.63, 3.8) is 0 Å². The van der Waals surface area contributed by atoms with Crippen molar-refractivity contribution in [2.24, 2.45) is 0 Å². The number of nitrogens with zero attached hydrogens (tertiary/aromatic N) is 4. The van der Waals surface area contributed by atoms with Crippen molar-refractivity contribution in [3.05, 3.63) is 218 Å². The maximum Gasteiger partial charge on any atom is 0.160 e. The van der Waals surface area contributed by atoms with Crippen LogP contribution < -0.4 is 0 Å². The molecule has 0 radical (unpaired) electrons. The molecule has 280 valence electrons. The van der Waals surface area contributed by atoms with Crippen LogP contribution in [-0.2, 0) is 0 Å². The largest absolute Gasteiger partial charge is 0.309 e. The maximum atomic E-state index is 5.12. The van der Waals surface area contributed by atoms with E-state index in [9.17, 15) is 0 Å². The van der Waals surface area contributed by atoms with E-state index in [0.29, 0.717) is 5.82 Å². The molecule has 0 fully saturated rings. The Morgan fingerprint density at radius 2 is 0.750 bits per heavy atom. The third-order valence-corrected chi connectivity index (χ3v) is 11.9. The Morgan fingerprint density at radius 1 is 0.267 bits per heavy atom. The van der Waals surface area contributed by atoms with E-state index in [-0.39, 0.29) is 0 Å². The lowest BCUT2D eigenvalue weighted by atomic mass is 10.0. The van der Waals surface area contributed by atoms with Gasteiger partial charge in [0.05, 0.1) is 33.5 Å². The van der Waals surface area contributed by atoms with Gasteiger partial charge in [0, 0.05) is 49.6 Å². The summed E-state index contributed by atoms with van der Waals surface area (Å²) in [5.74, 6) is 0.712. The van der Waals surface area contributed by atoms with Gasteiger partial charge in [-0.25, -0.2) is 9.97 Å². The number of hydrogen-bond acceptors (Lipinski definition) is 2. The summed E-state index contributed by atoms with van der Waals surface area (Å²) in [7, 11) is 0. The molecule has 0 saturated heterocycles. The number of fused-ring (bicyclic) bond motifs is 7. The normalized spacial score (nSPS) is 11.7. The molecule has 0 saturated carbocycles. The smallest absolute Gasteiger partial charge is 0.160 e. The van der Waals surface area contributed by atoms with Gasteiger partial charge in [-0.2, -0.15) is 0 Å². The first-order valence-electron chi connectivity index (χ1n) is 20.4. The van der Waals surface area contributed by atoms with Crippen molar-refractivity contribution in [1.29, 1.82) is 0 Å². The Hall–Kier alpha value is -8.08. The molecule has 0 unspecified atom stereocenters. The van der Waals surface area contributed by atoms with Crippen LogP contribution in [0.5, 0.6) is 0 Å². The Kier molecular flexibility index (Phi) is 7.82. The zero-order valence-corrected chi connectivity index (χ0v) is 32.6. The molecule has 3 heterocycles. The SMILES string of the molecule is c1ccc(-c2cc(-c3ccc4ccc(-n5c6ccccc6c6cc(-c7ccc8c(c7)c7ccccc7n8-c7ccccc7)ccc65)cc4c3)nc(-c3ccccc3)n2)cc1. The monoisotopic (exact) mass is 764 g/mol. The van der Waals surface area contributed by atoms with E-state index >= 15 is 0 Å². The van der Waals surface area contributed by atoms with Crippen LogP contribution in [-0.4, -0.2) is 19.1 Å². The third kappa shape index (κ3) is 5.61. The molecule has 60 heavy (non-hydrogen) atoms. The van der Waals surface area contributed by atoms with Crippen LogP contribution in [0.1, 0.15) is 0 Å². The topological polar surface area (TPSA) is 35.6 Å². The Labute approximate surface area is 346 Å². The molecule has 0 atom stereocenters. The van der Waals surface area contributed by atoms with Crippen LogP contribution in [0.25, 0.3) is 111 Å². The molecule has 0 aliphatic carbocycles. The third-order valence-electron chi connectivity index (χ3n) is 11.9. The summed E-state index contributed by atoms with van der Waals surface area (Å²) >= 11 is 0. The van der Waals surface area contributed by atoms with Crippen molar-refractivity contribution in [3.8, 4) is 56.4 Å². The second-order valence-corrected chi connectivity index (χ2v) is 15.4. The van der Waals surface area contributed by atoms with Gasteiger partial charge >= 0.3 is 0 Å². The van der Waals surface area contributed by atoms with Gasteiger partial charge in [0.25, 0.3) is 0 Å². The highest BCUT2D eigenvalue weighted by atomic mass is 15.0. The van der Waals surface area contributed by atoms with Crippen molar-refractivity contribution >= 4 is 54.4 Å². The number of rotatable bonds is 6. The average molecular weight is 765 g/mol. The van der Waals surface area contributed by atoms with E-state index in [1.165, 1.54) is 65.8 Å². The zero-order chi connectivity index (χ0) is 39.6. The van der Waals surface area contributed by atoms with Crippen molar-refractivity contribution in [1.82, 2.24) is 19.1 Å². The summed E-state index contributed by atoms with van der Waals surface area (Å²) in [5.41, 5.74) is 14.3. The van der Waals surface area contributed by atoms with Crippen LogP contribution in [0.2, 0.25) is 0 Å². The maximum absolute atomic E-state index is 5.12. The minimum absolute atomic E-state index is 0.712. The summed E-state index contributed by atoms with van der Waals surface area (Å²) in [6.07, 6.45) is 0. The first kappa shape index (κ1) is 34.0. The molecule has 12 aromatic rings. The lowest BCUT2D eigenvalue weighted by Gasteiger charge is -2.12. The van der Waals surface area contributed by atoms with E-state index in [4.69, 9.17) is 9.97 Å².